The number of carbonyl (C=O) groups is 1. The highest BCUT2D eigenvalue weighted by Crippen LogP contribution is 2.32. The van der Waals surface area contributed by atoms with Crippen molar-refractivity contribution in [3.63, 3.8) is 0 Å². The number of rotatable bonds is 3. The lowest BCUT2D eigenvalue weighted by atomic mass is 10.1. The second kappa shape index (κ2) is 5.41. The molecule has 104 valence electrons. The molecule has 0 saturated heterocycles. The van der Waals surface area contributed by atoms with Crippen LogP contribution < -0.4 is 0 Å². The van der Waals surface area contributed by atoms with E-state index in [1.807, 2.05) is 0 Å². The SMILES string of the molecule is COC(=O)c1c(-c2ncc(Br)cc2[N+](=O)[O-])ccn1C. The van der Waals surface area contributed by atoms with Crippen LogP contribution in [0, 0.1) is 10.1 Å². The van der Waals surface area contributed by atoms with Crippen molar-refractivity contribution in [1.82, 2.24) is 9.55 Å². The van der Waals surface area contributed by atoms with Crippen molar-refractivity contribution in [3.05, 3.63) is 44.8 Å². The minimum absolute atomic E-state index is 0.124. The van der Waals surface area contributed by atoms with E-state index in [1.165, 1.54) is 23.9 Å². The number of hydrogen-bond donors (Lipinski definition) is 0. The van der Waals surface area contributed by atoms with Crippen molar-refractivity contribution in [2.45, 2.75) is 0 Å². The molecule has 0 aromatic carbocycles. The topological polar surface area (TPSA) is 87.3 Å². The van der Waals surface area contributed by atoms with Gasteiger partial charge in [0.25, 0.3) is 5.69 Å². The third-order valence-corrected chi connectivity index (χ3v) is 3.17. The molecule has 8 heteroatoms. The molecule has 0 fully saturated rings. The van der Waals surface area contributed by atoms with Gasteiger partial charge in [-0.05, 0) is 22.0 Å². The molecule has 7 nitrogen and oxygen atoms in total. The first-order chi connectivity index (χ1) is 9.45. The molecule has 2 rings (SSSR count). The van der Waals surface area contributed by atoms with Crippen LogP contribution >= 0.6 is 15.9 Å². The number of carbonyl (C=O) groups excluding carboxylic acids is 1. The predicted octanol–water partition coefficient (Wildman–Crippen LogP) is 2.54. The van der Waals surface area contributed by atoms with Gasteiger partial charge in [-0.2, -0.15) is 0 Å². The highest BCUT2D eigenvalue weighted by molar-refractivity contribution is 9.10. The number of nitro groups is 1. The smallest absolute Gasteiger partial charge is 0.355 e. The number of halogens is 1. The molecular weight excluding hydrogens is 330 g/mol. The highest BCUT2D eigenvalue weighted by atomic mass is 79.9. The quantitative estimate of drug-likeness (QED) is 0.487. The zero-order chi connectivity index (χ0) is 14.9. The van der Waals surface area contributed by atoms with E-state index in [-0.39, 0.29) is 17.1 Å². The fraction of sp³-hybridized carbons (Fsp3) is 0.167. The maximum Gasteiger partial charge on any atom is 0.355 e. The number of ether oxygens (including phenoxy) is 1. The van der Waals surface area contributed by atoms with E-state index in [0.717, 1.165) is 0 Å². The maximum absolute atomic E-state index is 11.8. The molecule has 20 heavy (non-hydrogen) atoms. The van der Waals surface area contributed by atoms with Crippen molar-refractivity contribution in [3.8, 4) is 11.3 Å². The molecule has 2 aromatic rings. The second-order valence-corrected chi connectivity index (χ2v) is 4.87. The number of aryl methyl sites for hydroxylation is 1. The normalized spacial score (nSPS) is 10.3. The zero-order valence-electron chi connectivity index (χ0n) is 10.7. The third kappa shape index (κ3) is 2.42. The van der Waals surface area contributed by atoms with E-state index in [9.17, 15) is 14.9 Å². The van der Waals surface area contributed by atoms with Crippen LogP contribution in [-0.2, 0) is 11.8 Å². The minimum atomic E-state index is -0.577. The summed E-state index contributed by atoms with van der Waals surface area (Å²) in [7, 11) is 2.91. The Balaban J connectivity index is 2.69. The van der Waals surface area contributed by atoms with Gasteiger partial charge in [0.15, 0.2) is 5.69 Å². The van der Waals surface area contributed by atoms with Crippen molar-refractivity contribution < 1.29 is 14.5 Å². The lowest BCUT2D eigenvalue weighted by Crippen LogP contribution is -2.09. The molecule has 0 atom stereocenters. The van der Waals surface area contributed by atoms with Crippen LogP contribution in [0.2, 0.25) is 0 Å². The fourth-order valence-corrected chi connectivity index (χ4v) is 2.17. The second-order valence-electron chi connectivity index (χ2n) is 3.96. The van der Waals surface area contributed by atoms with Gasteiger partial charge in [0, 0.05) is 35.5 Å². The number of aromatic nitrogens is 2. The van der Waals surface area contributed by atoms with Crippen LogP contribution in [0.5, 0.6) is 0 Å². The Morgan fingerprint density at radius 1 is 1.55 bits per heavy atom. The van der Waals surface area contributed by atoms with Gasteiger partial charge >= 0.3 is 5.97 Å². The van der Waals surface area contributed by atoms with E-state index in [4.69, 9.17) is 4.74 Å². The molecule has 0 amide bonds. The van der Waals surface area contributed by atoms with E-state index in [1.54, 1.807) is 19.3 Å². The summed E-state index contributed by atoms with van der Waals surface area (Å²) in [4.78, 5) is 26.4. The van der Waals surface area contributed by atoms with Crippen molar-refractivity contribution in [2.75, 3.05) is 7.11 Å². The largest absolute Gasteiger partial charge is 0.464 e. The van der Waals surface area contributed by atoms with Crippen LogP contribution in [-0.4, -0.2) is 27.6 Å². The average Bonchev–Trinajstić information content (AvgIpc) is 2.79. The highest BCUT2D eigenvalue weighted by Gasteiger charge is 2.25. The number of pyridine rings is 1. The standard InChI is InChI=1S/C12H10BrN3O4/c1-15-4-3-8(11(15)12(17)20-2)10-9(16(18)19)5-7(13)6-14-10/h3-6H,1-2H3. The fourth-order valence-electron chi connectivity index (χ4n) is 1.85. The summed E-state index contributed by atoms with van der Waals surface area (Å²) in [5.41, 5.74) is 0.513. The Bertz CT molecular complexity index is 696. The van der Waals surface area contributed by atoms with E-state index in [2.05, 4.69) is 20.9 Å². The van der Waals surface area contributed by atoms with Crippen LogP contribution in [0.3, 0.4) is 0 Å². The van der Waals surface area contributed by atoms with Crippen LogP contribution in [0.4, 0.5) is 5.69 Å². The summed E-state index contributed by atoms with van der Waals surface area (Å²) in [5, 5.41) is 11.1. The monoisotopic (exact) mass is 339 g/mol. The van der Waals surface area contributed by atoms with Gasteiger partial charge in [0.2, 0.25) is 0 Å². The number of nitrogens with zero attached hydrogens (tertiary/aromatic N) is 3. The first kappa shape index (κ1) is 14.2. The van der Waals surface area contributed by atoms with Gasteiger partial charge < -0.3 is 9.30 Å². The Labute approximate surface area is 122 Å². The summed E-state index contributed by atoms with van der Waals surface area (Å²) < 4.78 is 6.72. The van der Waals surface area contributed by atoms with Gasteiger partial charge in [-0.3, -0.25) is 10.1 Å². The van der Waals surface area contributed by atoms with Crippen molar-refractivity contribution >= 4 is 27.6 Å². The van der Waals surface area contributed by atoms with Gasteiger partial charge in [-0.1, -0.05) is 0 Å². The Morgan fingerprint density at radius 3 is 2.85 bits per heavy atom. The van der Waals surface area contributed by atoms with Gasteiger partial charge in [-0.15, -0.1) is 0 Å². The van der Waals surface area contributed by atoms with Gasteiger partial charge in [0.1, 0.15) is 5.69 Å². The molecule has 0 N–H and O–H groups in total. The first-order valence-corrected chi connectivity index (χ1v) is 6.29. The lowest BCUT2D eigenvalue weighted by molar-refractivity contribution is -0.384. The minimum Gasteiger partial charge on any atom is -0.464 e. The summed E-state index contributed by atoms with van der Waals surface area (Å²) in [6.45, 7) is 0. The Hall–Kier alpha value is -2.22. The summed E-state index contributed by atoms with van der Waals surface area (Å²) >= 11 is 3.14. The van der Waals surface area contributed by atoms with Crippen molar-refractivity contribution in [2.24, 2.45) is 7.05 Å². The van der Waals surface area contributed by atoms with Crippen LogP contribution in [0.1, 0.15) is 10.5 Å². The van der Waals surface area contributed by atoms with Crippen LogP contribution in [0.25, 0.3) is 11.3 Å². The number of hydrogen-bond acceptors (Lipinski definition) is 5. The van der Waals surface area contributed by atoms with E-state index >= 15 is 0 Å². The molecule has 0 spiro atoms. The maximum atomic E-state index is 11.8. The Morgan fingerprint density at radius 2 is 2.25 bits per heavy atom. The van der Waals surface area contributed by atoms with Crippen LogP contribution in [0.15, 0.2) is 29.0 Å². The number of esters is 1. The molecule has 0 aliphatic heterocycles. The first-order valence-electron chi connectivity index (χ1n) is 5.49. The molecule has 0 aliphatic rings. The molecular formula is C12H10BrN3O4. The van der Waals surface area contributed by atoms with Gasteiger partial charge in [0.05, 0.1) is 12.0 Å². The zero-order valence-corrected chi connectivity index (χ0v) is 12.2. The molecule has 0 bridgehead atoms. The molecule has 2 aromatic heterocycles. The van der Waals surface area contributed by atoms with Crippen molar-refractivity contribution in [1.29, 1.82) is 0 Å². The molecule has 2 heterocycles. The van der Waals surface area contributed by atoms with Gasteiger partial charge in [-0.25, -0.2) is 9.78 Å². The number of methoxy groups -OCH3 is 1. The van der Waals surface area contributed by atoms with E-state index < -0.39 is 10.9 Å². The lowest BCUT2D eigenvalue weighted by Gasteiger charge is -2.06. The van der Waals surface area contributed by atoms with E-state index in [0.29, 0.717) is 10.0 Å². The molecule has 0 aliphatic carbocycles. The molecule has 0 radical (unpaired) electrons. The molecule has 0 unspecified atom stereocenters. The predicted molar refractivity (Wildman–Crippen MR) is 74.3 cm³/mol. The molecule has 0 saturated carbocycles. The summed E-state index contributed by atoms with van der Waals surface area (Å²) in [6, 6.07) is 2.94. The summed E-state index contributed by atoms with van der Waals surface area (Å²) in [5.74, 6) is -0.577. The average molecular weight is 340 g/mol. The Kier molecular flexibility index (Phi) is 3.84. The summed E-state index contributed by atoms with van der Waals surface area (Å²) in [6.07, 6.45) is 3.06. The third-order valence-electron chi connectivity index (χ3n) is 2.74.